The molecule has 3 N–H and O–H groups in total. The molecule has 0 fully saturated rings. The molecule has 0 unspecified atom stereocenters. The number of hydrogen-bond donors (Lipinski definition) is 2. The van der Waals surface area contributed by atoms with Crippen LogP contribution >= 0.6 is 0 Å². The normalized spacial score (nSPS) is 13.1. The van der Waals surface area contributed by atoms with E-state index >= 15 is 0 Å². The zero-order valence-electron chi connectivity index (χ0n) is 15.9. The summed E-state index contributed by atoms with van der Waals surface area (Å²) in [6, 6.07) is 10.5. The molecule has 0 bridgehead atoms. The monoisotopic (exact) mass is 392 g/mol. The van der Waals surface area contributed by atoms with Gasteiger partial charge in [0.1, 0.15) is 6.04 Å². The highest BCUT2D eigenvalue weighted by Crippen LogP contribution is 2.29. The fourth-order valence-electron chi connectivity index (χ4n) is 2.68. The van der Waals surface area contributed by atoms with Gasteiger partial charge in [-0.1, -0.05) is 51.1 Å². The van der Waals surface area contributed by atoms with Crippen LogP contribution in [0.25, 0.3) is 0 Å². The number of primary amides is 1. The molecule has 4 nitrogen and oxygen atoms in total. The fraction of sp³-hybridized carbons (Fsp3) is 0.333. The molecule has 0 saturated carbocycles. The molecule has 2 aromatic rings. The van der Waals surface area contributed by atoms with Gasteiger partial charge in [-0.25, -0.2) is 0 Å². The molecule has 28 heavy (non-hydrogen) atoms. The van der Waals surface area contributed by atoms with Crippen LogP contribution in [-0.2, 0) is 22.8 Å². The SMILES string of the molecule is CC(C)(C)c1ccc(C[C@@H](NC(=O)c2cccc(C(F)(F)F)c2)C(N)=O)cc1. The van der Waals surface area contributed by atoms with E-state index in [4.69, 9.17) is 5.73 Å². The third-order valence-electron chi connectivity index (χ3n) is 4.36. The van der Waals surface area contributed by atoms with Crippen molar-refractivity contribution in [3.8, 4) is 0 Å². The molecule has 7 heteroatoms. The van der Waals surface area contributed by atoms with Crippen molar-refractivity contribution >= 4 is 11.8 Å². The summed E-state index contributed by atoms with van der Waals surface area (Å²) in [5.41, 5.74) is 6.11. The number of nitrogens with one attached hydrogen (secondary N) is 1. The van der Waals surface area contributed by atoms with E-state index in [1.807, 2.05) is 24.3 Å². The van der Waals surface area contributed by atoms with Crippen molar-refractivity contribution in [2.45, 2.75) is 44.8 Å². The minimum atomic E-state index is -4.56. The average Bonchev–Trinajstić information content (AvgIpc) is 2.60. The van der Waals surface area contributed by atoms with Crippen LogP contribution in [0.5, 0.6) is 0 Å². The van der Waals surface area contributed by atoms with Gasteiger partial charge in [-0.2, -0.15) is 13.2 Å². The highest BCUT2D eigenvalue weighted by atomic mass is 19.4. The molecule has 2 aromatic carbocycles. The zero-order valence-corrected chi connectivity index (χ0v) is 15.9. The van der Waals surface area contributed by atoms with Crippen molar-refractivity contribution in [2.24, 2.45) is 5.73 Å². The van der Waals surface area contributed by atoms with E-state index in [0.717, 1.165) is 29.3 Å². The van der Waals surface area contributed by atoms with Crippen LogP contribution in [-0.4, -0.2) is 17.9 Å². The number of benzene rings is 2. The molecule has 0 aromatic heterocycles. The molecule has 2 amide bonds. The van der Waals surface area contributed by atoms with Crippen molar-refractivity contribution in [3.05, 3.63) is 70.8 Å². The molecule has 0 aliphatic carbocycles. The second kappa shape index (κ2) is 8.04. The minimum absolute atomic E-state index is 0.0284. The van der Waals surface area contributed by atoms with Crippen LogP contribution < -0.4 is 11.1 Å². The Bertz CT molecular complexity index is 853. The summed E-state index contributed by atoms with van der Waals surface area (Å²) in [5, 5.41) is 2.42. The topological polar surface area (TPSA) is 72.2 Å². The first-order valence-corrected chi connectivity index (χ1v) is 8.75. The lowest BCUT2D eigenvalue weighted by molar-refractivity contribution is -0.137. The number of rotatable bonds is 5. The molecule has 0 spiro atoms. The second-order valence-corrected chi connectivity index (χ2v) is 7.66. The van der Waals surface area contributed by atoms with Gasteiger partial charge >= 0.3 is 6.18 Å². The van der Waals surface area contributed by atoms with Crippen LogP contribution in [0.4, 0.5) is 13.2 Å². The summed E-state index contributed by atoms with van der Waals surface area (Å²) in [7, 11) is 0. The van der Waals surface area contributed by atoms with Crippen molar-refractivity contribution in [1.82, 2.24) is 5.32 Å². The number of amides is 2. The molecule has 150 valence electrons. The lowest BCUT2D eigenvalue weighted by atomic mass is 9.86. The first-order valence-electron chi connectivity index (χ1n) is 8.75. The van der Waals surface area contributed by atoms with Gasteiger partial charge in [0.05, 0.1) is 5.56 Å². The summed E-state index contributed by atoms with van der Waals surface area (Å²) < 4.78 is 38.5. The van der Waals surface area contributed by atoms with E-state index in [0.29, 0.717) is 0 Å². The molecule has 0 saturated heterocycles. The Kier molecular flexibility index (Phi) is 6.17. The number of carbonyl (C=O) groups is 2. The average molecular weight is 392 g/mol. The first kappa shape index (κ1) is 21.5. The standard InChI is InChI=1S/C21H23F3N2O2/c1-20(2,3)15-9-7-13(8-10-15)11-17(18(25)27)26-19(28)14-5-4-6-16(12-14)21(22,23)24/h4-10,12,17H,11H2,1-3H3,(H2,25,27)(H,26,28)/t17-/m1/s1. The maximum absolute atomic E-state index is 12.8. The van der Waals surface area contributed by atoms with Gasteiger partial charge < -0.3 is 11.1 Å². The lowest BCUT2D eigenvalue weighted by Gasteiger charge is -2.20. The summed E-state index contributed by atoms with van der Waals surface area (Å²) in [5.74, 6) is -1.55. The Morgan fingerprint density at radius 1 is 1.00 bits per heavy atom. The second-order valence-electron chi connectivity index (χ2n) is 7.66. The van der Waals surface area contributed by atoms with Crippen LogP contribution in [0.1, 0.15) is 47.8 Å². The van der Waals surface area contributed by atoms with Crippen LogP contribution in [0.3, 0.4) is 0 Å². The van der Waals surface area contributed by atoms with Crippen LogP contribution in [0.2, 0.25) is 0 Å². The van der Waals surface area contributed by atoms with Crippen molar-refractivity contribution in [2.75, 3.05) is 0 Å². The number of alkyl halides is 3. The van der Waals surface area contributed by atoms with E-state index in [9.17, 15) is 22.8 Å². The summed E-state index contributed by atoms with van der Waals surface area (Å²) in [4.78, 5) is 24.1. The molecule has 0 radical (unpaired) electrons. The third-order valence-corrected chi connectivity index (χ3v) is 4.36. The van der Waals surface area contributed by atoms with E-state index in [1.165, 1.54) is 6.07 Å². The quantitative estimate of drug-likeness (QED) is 0.812. The Hall–Kier alpha value is -2.83. The van der Waals surface area contributed by atoms with Gasteiger partial charge in [-0.05, 0) is 34.7 Å². The minimum Gasteiger partial charge on any atom is -0.368 e. The zero-order chi connectivity index (χ0) is 21.1. The highest BCUT2D eigenvalue weighted by molar-refractivity contribution is 5.97. The van der Waals surface area contributed by atoms with Crippen LogP contribution in [0, 0.1) is 0 Å². The Balaban J connectivity index is 2.15. The van der Waals surface area contributed by atoms with Crippen LogP contribution in [0.15, 0.2) is 48.5 Å². The van der Waals surface area contributed by atoms with Gasteiger partial charge in [0, 0.05) is 12.0 Å². The van der Waals surface area contributed by atoms with Gasteiger partial charge in [0.2, 0.25) is 5.91 Å². The highest BCUT2D eigenvalue weighted by Gasteiger charge is 2.31. The third kappa shape index (κ3) is 5.58. The summed E-state index contributed by atoms with van der Waals surface area (Å²) in [6.45, 7) is 6.22. The van der Waals surface area contributed by atoms with Crippen molar-refractivity contribution in [3.63, 3.8) is 0 Å². The van der Waals surface area contributed by atoms with E-state index in [2.05, 4.69) is 26.1 Å². The number of carbonyl (C=O) groups excluding carboxylic acids is 2. The largest absolute Gasteiger partial charge is 0.416 e. The summed E-state index contributed by atoms with van der Waals surface area (Å²) >= 11 is 0. The predicted molar refractivity (Wildman–Crippen MR) is 101 cm³/mol. The number of nitrogens with two attached hydrogens (primary N) is 1. The van der Waals surface area contributed by atoms with Crippen molar-refractivity contribution < 1.29 is 22.8 Å². The van der Waals surface area contributed by atoms with Gasteiger partial charge in [0.15, 0.2) is 0 Å². The lowest BCUT2D eigenvalue weighted by Crippen LogP contribution is -2.45. The fourth-order valence-corrected chi connectivity index (χ4v) is 2.68. The molecular formula is C21H23F3N2O2. The van der Waals surface area contributed by atoms with Crippen molar-refractivity contribution in [1.29, 1.82) is 0 Å². The number of halogens is 3. The molecule has 1 atom stereocenters. The Labute approximate surface area is 161 Å². The Morgan fingerprint density at radius 2 is 1.61 bits per heavy atom. The molecule has 0 aliphatic rings. The van der Waals surface area contributed by atoms with Gasteiger partial charge in [-0.15, -0.1) is 0 Å². The molecular weight excluding hydrogens is 369 g/mol. The van der Waals surface area contributed by atoms with Gasteiger partial charge in [-0.3, -0.25) is 9.59 Å². The smallest absolute Gasteiger partial charge is 0.368 e. The first-order chi connectivity index (χ1) is 12.9. The maximum Gasteiger partial charge on any atom is 0.416 e. The van der Waals surface area contributed by atoms with E-state index in [1.54, 1.807) is 0 Å². The Morgan fingerprint density at radius 3 is 2.11 bits per heavy atom. The number of hydrogen-bond acceptors (Lipinski definition) is 2. The maximum atomic E-state index is 12.8. The molecule has 0 heterocycles. The van der Waals surface area contributed by atoms with E-state index in [-0.39, 0.29) is 17.4 Å². The summed E-state index contributed by atoms with van der Waals surface area (Å²) in [6.07, 6.45) is -4.42. The van der Waals surface area contributed by atoms with Gasteiger partial charge in [0.25, 0.3) is 5.91 Å². The molecule has 2 rings (SSSR count). The van der Waals surface area contributed by atoms with E-state index < -0.39 is 29.6 Å². The predicted octanol–water partition coefficient (Wildman–Crippen LogP) is 3.83. The molecule has 0 aliphatic heterocycles.